The molecule has 0 saturated heterocycles. The third-order valence-electron chi connectivity index (χ3n) is 3.97. The lowest BCUT2D eigenvalue weighted by Gasteiger charge is -2.16. The average molecular weight is 320 g/mol. The van der Waals surface area contributed by atoms with Crippen LogP contribution in [-0.2, 0) is 29.3 Å². The van der Waals surface area contributed by atoms with Gasteiger partial charge in [0.2, 0.25) is 10.0 Å². The second kappa shape index (κ2) is 6.22. The van der Waals surface area contributed by atoms with Crippen LogP contribution in [0.2, 0.25) is 0 Å². The van der Waals surface area contributed by atoms with Gasteiger partial charge in [0.15, 0.2) is 0 Å². The van der Waals surface area contributed by atoms with Gasteiger partial charge in [0.25, 0.3) is 0 Å². The minimum absolute atomic E-state index is 0.300. The van der Waals surface area contributed by atoms with Crippen molar-refractivity contribution in [3.63, 3.8) is 0 Å². The molecule has 0 amide bonds. The summed E-state index contributed by atoms with van der Waals surface area (Å²) in [6.45, 7) is 2.14. The molecule has 1 aliphatic carbocycles. The van der Waals surface area contributed by atoms with Crippen molar-refractivity contribution in [2.24, 2.45) is 0 Å². The molecule has 3 rings (SSSR count). The highest BCUT2D eigenvalue weighted by atomic mass is 32.2. The van der Waals surface area contributed by atoms with Gasteiger partial charge in [-0.1, -0.05) is 11.2 Å². The molecule has 0 fully saturated rings. The number of hydrogen-bond donors (Lipinski definition) is 1. The minimum atomic E-state index is -3.47. The van der Waals surface area contributed by atoms with Crippen LogP contribution in [0.3, 0.4) is 0 Å². The molecule has 6 heteroatoms. The Morgan fingerprint density at radius 3 is 2.68 bits per heavy atom. The van der Waals surface area contributed by atoms with Crippen LogP contribution < -0.4 is 4.72 Å². The Kier molecular flexibility index (Phi) is 4.31. The average Bonchev–Trinajstić information content (AvgIpc) is 2.92. The van der Waals surface area contributed by atoms with Crippen molar-refractivity contribution in [2.75, 3.05) is 6.54 Å². The first-order valence-electron chi connectivity index (χ1n) is 7.58. The van der Waals surface area contributed by atoms with Gasteiger partial charge in [-0.15, -0.1) is 0 Å². The van der Waals surface area contributed by atoms with Gasteiger partial charge in [-0.25, -0.2) is 13.1 Å². The van der Waals surface area contributed by atoms with Crippen molar-refractivity contribution in [3.8, 4) is 0 Å². The number of rotatable bonds is 5. The van der Waals surface area contributed by atoms with Crippen molar-refractivity contribution in [1.82, 2.24) is 9.88 Å². The van der Waals surface area contributed by atoms with Gasteiger partial charge in [0.1, 0.15) is 5.76 Å². The smallest absolute Gasteiger partial charge is 0.240 e. The largest absolute Gasteiger partial charge is 0.361 e. The Labute approximate surface area is 130 Å². The van der Waals surface area contributed by atoms with Gasteiger partial charge in [-0.3, -0.25) is 0 Å². The van der Waals surface area contributed by atoms with Gasteiger partial charge in [0, 0.05) is 19.0 Å². The van der Waals surface area contributed by atoms with E-state index in [9.17, 15) is 8.42 Å². The molecule has 1 aromatic heterocycles. The number of benzene rings is 1. The second-order valence-corrected chi connectivity index (χ2v) is 7.49. The standard InChI is InChI=1S/C16H20N2O3S/c1-12-10-15(21-18-12)8-9-17-22(19,20)16-7-6-13-4-2-3-5-14(13)11-16/h6-7,10-11,17H,2-5,8-9H2,1H3. The second-order valence-electron chi connectivity index (χ2n) is 5.72. The minimum Gasteiger partial charge on any atom is -0.361 e. The van der Waals surface area contributed by atoms with E-state index in [1.807, 2.05) is 25.1 Å². The van der Waals surface area contributed by atoms with E-state index in [2.05, 4.69) is 9.88 Å². The van der Waals surface area contributed by atoms with Crippen molar-refractivity contribution in [1.29, 1.82) is 0 Å². The fourth-order valence-corrected chi connectivity index (χ4v) is 3.89. The molecule has 1 aromatic carbocycles. The van der Waals surface area contributed by atoms with Gasteiger partial charge in [-0.2, -0.15) is 0 Å². The summed E-state index contributed by atoms with van der Waals surface area (Å²) in [5.41, 5.74) is 3.25. The molecule has 1 heterocycles. The molecule has 0 bridgehead atoms. The summed E-state index contributed by atoms with van der Waals surface area (Å²) in [6, 6.07) is 7.27. The van der Waals surface area contributed by atoms with Crippen molar-refractivity contribution in [2.45, 2.75) is 43.9 Å². The zero-order valence-corrected chi connectivity index (χ0v) is 13.4. The fourth-order valence-electron chi connectivity index (χ4n) is 2.80. The van der Waals surface area contributed by atoms with E-state index in [-0.39, 0.29) is 0 Å². The maximum atomic E-state index is 12.4. The number of nitrogens with one attached hydrogen (secondary N) is 1. The molecule has 0 saturated carbocycles. The van der Waals surface area contributed by atoms with Crippen molar-refractivity contribution < 1.29 is 12.9 Å². The summed E-state index contributed by atoms with van der Waals surface area (Å²) in [5.74, 6) is 0.686. The van der Waals surface area contributed by atoms with Gasteiger partial charge < -0.3 is 4.52 Å². The van der Waals surface area contributed by atoms with Crippen LogP contribution in [0.15, 0.2) is 33.7 Å². The number of aromatic nitrogens is 1. The quantitative estimate of drug-likeness (QED) is 0.918. The summed E-state index contributed by atoms with van der Waals surface area (Å²) in [4.78, 5) is 0.349. The molecular weight excluding hydrogens is 300 g/mol. The third kappa shape index (κ3) is 3.39. The highest BCUT2D eigenvalue weighted by Crippen LogP contribution is 2.24. The molecule has 0 radical (unpaired) electrons. The van der Waals surface area contributed by atoms with Gasteiger partial charge in [-0.05, 0) is 55.9 Å². The molecule has 1 aliphatic rings. The predicted molar refractivity (Wildman–Crippen MR) is 83.2 cm³/mol. The van der Waals surface area contributed by atoms with E-state index in [0.29, 0.717) is 23.6 Å². The number of nitrogens with zero attached hydrogens (tertiary/aromatic N) is 1. The number of sulfonamides is 1. The van der Waals surface area contributed by atoms with E-state index < -0.39 is 10.0 Å². The number of aryl methyl sites for hydroxylation is 3. The van der Waals surface area contributed by atoms with Crippen LogP contribution in [0.1, 0.15) is 35.4 Å². The molecular formula is C16H20N2O3S. The Hall–Kier alpha value is -1.66. The summed E-state index contributed by atoms with van der Waals surface area (Å²) in [7, 11) is -3.47. The van der Waals surface area contributed by atoms with Crippen LogP contribution in [0, 0.1) is 6.92 Å². The predicted octanol–water partition coefficient (Wildman–Crippen LogP) is 2.38. The zero-order chi connectivity index (χ0) is 15.6. The van der Waals surface area contributed by atoms with Gasteiger partial charge in [0.05, 0.1) is 10.6 Å². The van der Waals surface area contributed by atoms with Crippen LogP contribution in [0.4, 0.5) is 0 Å². The summed E-state index contributed by atoms with van der Waals surface area (Å²) >= 11 is 0. The number of fused-ring (bicyclic) bond motifs is 1. The van der Waals surface area contributed by atoms with Crippen molar-refractivity contribution in [3.05, 3.63) is 46.8 Å². The van der Waals surface area contributed by atoms with E-state index in [1.165, 1.54) is 17.5 Å². The van der Waals surface area contributed by atoms with E-state index in [0.717, 1.165) is 25.0 Å². The Morgan fingerprint density at radius 2 is 1.95 bits per heavy atom. The molecule has 0 aliphatic heterocycles. The van der Waals surface area contributed by atoms with Gasteiger partial charge >= 0.3 is 0 Å². The summed E-state index contributed by atoms with van der Waals surface area (Å²) in [5, 5.41) is 3.79. The topological polar surface area (TPSA) is 72.2 Å². The molecule has 2 aromatic rings. The SMILES string of the molecule is Cc1cc(CCNS(=O)(=O)c2ccc3c(c2)CCCC3)on1. The van der Waals surface area contributed by atoms with Crippen LogP contribution in [0.5, 0.6) is 0 Å². The molecule has 0 unspecified atom stereocenters. The number of hydrogen-bond acceptors (Lipinski definition) is 4. The maximum absolute atomic E-state index is 12.4. The van der Waals surface area contributed by atoms with Crippen LogP contribution in [0.25, 0.3) is 0 Å². The lowest BCUT2D eigenvalue weighted by Crippen LogP contribution is -2.26. The summed E-state index contributed by atoms with van der Waals surface area (Å²) in [6.07, 6.45) is 4.83. The van der Waals surface area contributed by atoms with E-state index in [4.69, 9.17) is 4.52 Å². The molecule has 118 valence electrons. The Morgan fingerprint density at radius 1 is 1.18 bits per heavy atom. The lowest BCUT2D eigenvalue weighted by molar-refractivity contribution is 0.379. The first kappa shape index (κ1) is 15.2. The third-order valence-corrected chi connectivity index (χ3v) is 5.43. The first-order valence-corrected chi connectivity index (χ1v) is 9.06. The molecule has 5 nitrogen and oxygen atoms in total. The Balaban J connectivity index is 1.67. The Bertz CT molecular complexity index is 765. The molecule has 0 atom stereocenters. The summed E-state index contributed by atoms with van der Waals surface area (Å²) < 4.78 is 32.4. The lowest BCUT2D eigenvalue weighted by atomic mass is 9.92. The van der Waals surface area contributed by atoms with Crippen LogP contribution in [-0.4, -0.2) is 20.1 Å². The normalized spacial score (nSPS) is 14.8. The van der Waals surface area contributed by atoms with E-state index in [1.54, 1.807) is 6.07 Å². The first-order chi connectivity index (χ1) is 10.5. The van der Waals surface area contributed by atoms with E-state index >= 15 is 0 Å². The molecule has 1 N–H and O–H groups in total. The highest BCUT2D eigenvalue weighted by Gasteiger charge is 2.17. The monoisotopic (exact) mass is 320 g/mol. The maximum Gasteiger partial charge on any atom is 0.240 e. The van der Waals surface area contributed by atoms with Crippen LogP contribution >= 0.6 is 0 Å². The molecule has 0 spiro atoms. The van der Waals surface area contributed by atoms with Crippen molar-refractivity contribution >= 4 is 10.0 Å². The zero-order valence-electron chi connectivity index (χ0n) is 12.6. The molecule has 22 heavy (non-hydrogen) atoms. The fraction of sp³-hybridized carbons (Fsp3) is 0.438. The highest BCUT2D eigenvalue weighted by molar-refractivity contribution is 7.89.